The lowest BCUT2D eigenvalue weighted by Gasteiger charge is -2.21. The normalized spacial score (nSPS) is 15.2. The Labute approximate surface area is 166 Å². The fraction of sp³-hybridized carbons (Fsp3) is 0.286. The fourth-order valence-corrected chi connectivity index (χ4v) is 4.16. The van der Waals surface area contributed by atoms with Crippen molar-refractivity contribution in [2.24, 2.45) is 0 Å². The summed E-state index contributed by atoms with van der Waals surface area (Å²) >= 11 is 6.34. The van der Waals surface area contributed by atoms with E-state index in [0.717, 1.165) is 46.3 Å². The second kappa shape index (κ2) is 6.34. The number of rotatable bonds is 4. The number of nitrogens with one attached hydrogen (secondary N) is 2. The minimum atomic E-state index is -0.107. The van der Waals surface area contributed by atoms with Gasteiger partial charge in [-0.2, -0.15) is 0 Å². The van der Waals surface area contributed by atoms with E-state index in [2.05, 4.69) is 33.3 Å². The van der Waals surface area contributed by atoms with Gasteiger partial charge in [0, 0.05) is 17.9 Å². The topological polar surface area (TPSA) is 75.6 Å². The highest BCUT2D eigenvalue weighted by molar-refractivity contribution is 6.35. The Kier molecular flexibility index (Phi) is 3.91. The molecule has 0 amide bonds. The molecule has 0 bridgehead atoms. The van der Waals surface area contributed by atoms with E-state index in [9.17, 15) is 4.79 Å². The number of nitrogens with zero attached hydrogens (tertiary/aromatic N) is 3. The Bertz CT molecular complexity index is 1270. The number of halogens is 1. The Morgan fingerprint density at radius 2 is 2.11 bits per heavy atom. The van der Waals surface area contributed by atoms with Crippen molar-refractivity contribution in [1.82, 2.24) is 19.5 Å². The molecule has 1 saturated carbocycles. The van der Waals surface area contributed by atoms with Crippen molar-refractivity contribution in [3.8, 4) is 0 Å². The predicted molar refractivity (Wildman–Crippen MR) is 112 cm³/mol. The van der Waals surface area contributed by atoms with Crippen LogP contribution in [0.1, 0.15) is 43.1 Å². The van der Waals surface area contributed by atoms with Gasteiger partial charge in [-0.05, 0) is 49.8 Å². The predicted octanol–water partition coefficient (Wildman–Crippen LogP) is 4.74. The van der Waals surface area contributed by atoms with Crippen LogP contribution in [0.3, 0.4) is 0 Å². The summed E-state index contributed by atoms with van der Waals surface area (Å²) in [5.74, 6) is 0.761. The molecule has 1 atom stereocenters. The summed E-state index contributed by atoms with van der Waals surface area (Å²) in [5, 5.41) is 6.43. The minimum Gasteiger partial charge on any atom is -0.361 e. The Hall–Kier alpha value is -2.86. The lowest BCUT2D eigenvalue weighted by Crippen LogP contribution is -2.26. The number of aromatic nitrogens is 4. The fourth-order valence-electron chi connectivity index (χ4n) is 3.90. The smallest absolute Gasteiger partial charge is 0.260 e. The zero-order chi connectivity index (χ0) is 19.4. The molecule has 3 heterocycles. The van der Waals surface area contributed by atoms with Gasteiger partial charge in [0.25, 0.3) is 5.56 Å². The molecule has 5 rings (SSSR count). The van der Waals surface area contributed by atoms with E-state index in [1.165, 1.54) is 0 Å². The quantitative estimate of drug-likeness (QED) is 0.525. The van der Waals surface area contributed by atoms with Crippen molar-refractivity contribution in [1.29, 1.82) is 0 Å². The van der Waals surface area contributed by atoms with Crippen LogP contribution in [-0.2, 0) is 0 Å². The van der Waals surface area contributed by atoms with E-state index in [1.807, 2.05) is 29.8 Å². The summed E-state index contributed by atoms with van der Waals surface area (Å²) in [6.07, 6.45) is 5.50. The Morgan fingerprint density at radius 1 is 1.29 bits per heavy atom. The maximum Gasteiger partial charge on any atom is 0.260 e. The van der Waals surface area contributed by atoms with E-state index < -0.39 is 0 Å². The van der Waals surface area contributed by atoms with Crippen LogP contribution in [0, 0.1) is 6.92 Å². The minimum absolute atomic E-state index is 0.0140. The van der Waals surface area contributed by atoms with Gasteiger partial charge >= 0.3 is 0 Å². The van der Waals surface area contributed by atoms with Crippen molar-refractivity contribution in [2.45, 2.75) is 38.8 Å². The number of H-pyrrole nitrogens is 1. The molecular weight excluding hydrogens is 374 g/mol. The summed E-state index contributed by atoms with van der Waals surface area (Å²) in [7, 11) is 0. The number of pyridine rings is 1. The number of aromatic amines is 1. The molecule has 1 aliphatic rings. The third-order valence-electron chi connectivity index (χ3n) is 5.44. The van der Waals surface area contributed by atoms with Crippen molar-refractivity contribution < 1.29 is 0 Å². The lowest BCUT2D eigenvalue weighted by atomic mass is 10.1. The van der Waals surface area contributed by atoms with Crippen LogP contribution in [0.5, 0.6) is 0 Å². The third kappa shape index (κ3) is 2.67. The van der Waals surface area contributed by atoms with Crippen LogP contribution < -0.4 is 10.9 Å². The molecule has 4 aromatic rings. The van der Waals surface area contributed by atoms with E-state index >= 15 is 0 Å². The Balaban J connectivity index is 1.65. The molecule has 28 heavy (non-hydrogen) atoms. The monoisotopic (exact) mass is 393 g/mol. The second-order valence-electron chi connectivity index (χ2n) is 7.46. The van der Waals surface area contributed by atoms with Gasteiger partial charge < -0.3 is 14.9 Å². The van der Waals surface area contributed by atoms with Crippen LogP contribution in [-0.4, -0.2) is 19.5 Å². The summed E-state index contributed by atoms with van der Waals surface area (Å²) in [5.41, 5.74) is 2.81. The van der Waals surface area contributed by atoms with Crippen LogP contribution in [0.15, 0.2) is 41.6 Å². The molecule has 2 N–H and O–H groups in total. The van der Waals surface area contributed by atoms with Gasteiger partial charge in [-0.15, -0.1) is 0 Å². The van der Waals surface area contributed by atoms with Crippen LogP contribution in [0.25, 0.3) is 21.8 Å². The van der Waals surface area contributed by atoms with Gasteiger partial charge in [-0.25, -0.2) is 9.97 Å². The molecule has 0 radical (unpaired) electrons. The third-order valence-corrected chi connectivity index (χ3v) is 5.75. The molecule has 142 valence electrons. The number of hydrogen-bond acceptors (Lipinski definition) is 4. The van der Waals surface area contributed by atoms with Gasteiger partial charge in [0.2, 0.25) is 0 Å². The van der Waals surface area contributed by atoms with Gasteiger partial charge in [0.05, 0.1) is 21.8 Å². The highest BCUT2D eigenvalue weighted by Gasteiger charge is 2.29. The number of anilines is 1. The second-order valence-corrected chi connectivity index (χ2v) is 7.87. The van der Waals surface area contributed by atoms with E-state index in [-0.39, 0.29) is 17.6 Å². The van der Waals surface area contributed by atoms with Crippen molar-refractivity contribution in [3.63, 3.8) is 0 Å². The molecular formula is C21H20ClN5O. The van der Waals surface area contributed by atoms with E-state index in [1.54, 1.807) is 12.4 Å². The maximum absolute atomic E-state index is 13.3. The molecule has 0 unspecified atom stereocenters. The van der Waals surface area contributed by atoms with Gasteiger partial charge in [0.1, 0.15) is 17.8 Å². The molecule has 3 aromatic heterocycles. The largest absolute Gasteiger partial charge is 0.361 e. The van der Waals surface area contributed by atoms with Crippen molar-refractivity contribution >= 4 is 39.2 Å². The number of aryl methyl sites for hydroxylation is 1. The van der Waals surface area contributed by atoms with E-state index in [0.29, 0.717) is 10.4 Å². The average molecular weight is 394 g/mol. The Morgan fingerprint density at radius 3 is 2.89 bits per heavy atom. The highest BCUT2D eigenvalue weighted by Crippen LogP contribution is 2.38. The SMILES string of the molecule is Cc1c[nH]c2ncnc(N[C@@H](C)c3cc4cccc(Cl)c4c(=O)n3C3CC3)c12. The first kappa shape index (κ1) is 17.3. The maximum atomic E-state index is 13.3. The van der Waals surface area contributed by atoms with Crippen LogP contribution in [0.4, 0.5) is 5.82 Å². The number of benzene rings is 1. The molecule has 1 fully saturated rings. The average Bonchev–Trinajstić information content (AvgIpc) is 3.44. The summed E-state index contributed by atoms with van der Waals surface area (Å²) in [4.78, 5) is 25.1. The first-order chi connectivity index (χ1) is 13.5. The molecule has 0 spiro atoms. The van der Waals surface area contributed by atoms with Crippen LogP contribution >= 0.6 is 11.6 Å². The number of fused-ring (bicyclic) bond motifs is 2. The first-order valence-corrected chi connectivity index (χ1v) is 9.81. The zero-order valence-electron chi connectivity index (χ0n) is 15.7. The van der Waals surface area contributed by atoms with Gasteiger partial charge in [-0.1, -0.05) is 23.7 Å². The standard InChI is InChI=1S/C21H20ClN5O/c1-11-9-23-19-17(11)20(25-10-24-19)26-12(2)16-8-13-4-3-5-15(22)18(13)21(28)27(16)14-6-7-14/h3-5,8-10,12,14H,6-7H2,1-2H3,(H2,23,24,25,26)/t12-/m0/s1. The van der Waals surface area contributed by atoms with Crippen molar-refractivity contribution in [3.05, 3.63) is 63.4 Å². The highest BCUT2D eigenvalue weighted by atomic mass is 35.5. The van der Waals surface area contributed by atoms with Crippen molar-refractivity contribution in [2.75, 3.05) is 5.32 Å². The molecule has 0 aliphatic heterocycles. The van der Waals surface area contributed by atoms with Gasteiger partial charge in [0.15, 0.2) is 0 Å². The summed E-state index contributed by atoms with van der Waals surface area (Å²) < 4.78 is 1.91. The zero-order valence-corrected chi connectivity index (χ0v) is 16.4. The summed E-state index contributed by atoms with van der Waals surface area (Å²) in [6.45, 7) is 4.08. The molecule has 1 aromatic carbocycles. The van der Waals surface area contributed by atoms with Gasteiger partial charge in [-0.3, -0.25) is 4.79 Å². The molecule has 6 nitrogen and oxygen atoms in total. The molecule has 7 heteroatoms. The summed E-state index contributed by atoms with van der Waals surface area (Å²) in [6, 6.07) is 7.80. The molecule has 1 aliphatic carbocycles. The molecule has 0 saturated heterocycles. The lowest BCUT2D eigenvalue weighted by molar-refractivity contribution is 0.636. The van der Waals surface area contributed by atoms with E-state index in [4.69, 9.17) is 11.6 Å². The first-order valence-electron chi connectivity index (χ1n) is 9.43. The van der Waals surface area contributed by atoms with Crippen LogP contribution in [0.2, 0.25) is 5.02 Å². The number of hydrogen-bond donors (Lipinski definition) is 2.